The summed E-state index contributed by atoms with van der Waals surface area (Å²) in [4.78, 5) is 15.0. The van der Waals surface area contributed by atoms with Gasteiger partial charge in [-0.3, -0.25) is 0 Å². The second-order valence-electron chi connectivity index (χ2n) is 5.15. The van der Waals surface area contributed by atoms with Gasteiger partial charge in [-0.15, -0.1) is 0 Å². The van der Waals surface area contributed by atoms with Crippen LogP contribution >= 0.6 is 0 Å². The minimum atomic E-state index is -0.305. The van der Waals surface area contributed by atoms with E-state index in [9.17, 15) is 4.79 Å². The number of rotatable bonds is 1. The lowest BCUT2D eigenvalue weighted by molar-refractivity contribution is 0.0593. The van der Waals surface area contributed by atoms with Gasteiger partial charge in [0.15, 0.2) is 0 Å². The van der Waals surface area contributed by atoms with Crippen LogP contribution in [0, 0.1) is 11.8 Å². The summed E-state index contributed by atoms with van der Waals surface area (Å²) in [7, 11) is 1.41. The van der Waals surface area contributed by atoms with E-state index in [1.54, 1.807) is 0 Å². The van der Waals surface area contributed by atoms with Crippen LogP contribution in [-0.2, 0) is 17.6 Å². The Morgan fingerprint density at radius 1 is 1.10 bits per heavy atom. The third-order valence-corrected chi connectivity index (χ3v) is 3.82. The molecule has 1 N–H and O–H groups in total. The lowest BCUT2D eigenvalue weighted by atomic mass is 9.92. The van der Waals surface area contributed by atoms with E-state index in [1.807, 2.05) is 30.3 Å². The molecule has 3 heteroatoms. The van der Waals surface area contributed by atoms with Crippen LogP contribution in [0.3, 0.4) is 0 Å². The summed E-state index contributed by atoms with van der Waals surface area (Å²) in [6.45, 7) is 0. The first-order valence-corrected chi connectivity index (χ1v) is 7.18. The highest BCUT2D eigenvalue weighted by atomic mass is 16.5. The van der Waals surface area contributed by atoms with Gasteiger partial charge < -0.3 is 9.72 Å². The maximum absolute atomic E-state index is 11.9. The van der Waals surface area contributed by atoms with Crippen LogP contribution in [-0.4, -0.2) is 18.1 Å². The van der Waals surface area contributed by atoms with Crippen molar-refractivity contribution in [3.63, 3.8) is 0 Å². The number of methoxy groups -OCH3 is 1. The highest BCUT2D eigenvalue weighted by Crippen LogP contribution is 2.27. The molecule has 0 unspecified atom stereocenters. The van der Waals surface area contributed by atoms with Gasteiger partial charge in [-0.05, 0) is 54.9 Å². The van der Waals surface area contributed by atoms with Crippen molar-refractivity contribution < 1.29 is 9.53 Å². The third kappa shape index (κ3) is 2.71. The number of aromatic nitrogens is 1. The van der Waals surface area contributed by atoms with Crippen molar-refractivity contribution in [2.24, 2.45) is 0 Å². The highest BCUT2D eigenvalue weighted by Gasteiger charge is 2.23. The Labute approximate surface area is 124 Å². The molecule has 0 saturated carbocycles. The summed E-state index contributed by atoms with van der Waals surface area (Å²) in [6, 6.07) is 9.85. The van der Waals surface area contributed by atoms with Gasteiger partial charge in [0.25, 0.3) is 0 Å². The summed E-state index contributed by atoms with van der Waals surface area (Å²) in [6.07, 6.45) is 4.15. The molecule has 21 heavy (non-hydrogen) atoms. The van der Waals surface area contributed by atoms with E-state index in [4.69, 9.17) is 4.74 Å². The summed E-state index contributed by atoms with van der Waals surface area (Å²) in [5, 5.41) is 0. The van der Waals surface area contributed by atoms with Crippen molar-refractivity contribution in [2.45, 2.75) is 25.7 Å². The summed E-state index contributed by atoms with van der Waals surface area (Å²) in [5.74, 6) is 6.02. The predicted octanol–water partition coefficient (Wildman–Crippen LogP) is 3.08. The monoisotopic (exact) mass is 279 g/mol. The van der Waals surface area contributed by atoms with Gasteiger partial charge in [0.05, 0.1) is 12.8 Å². The molecule has 1 aromatic heterocycles. The van der Waals surface area contributed by atoms with E-state index in [2.05, 4.69) is 16.8 Å². The first-order valence-electron chi connectivity index (χ1n) is 7.18. The van der Waals surface area contributed by atoms with Crippen molar-refractivity contribution in [3.05, 3.63) is 58.4 Å². The second-order valence-corrected chi connectivity index (χ2v) is 5.15. The SMILES string of the molecule is COC(=O)c1[nH]c(C#Cc2ccccc2)c2c1CCCC2. The van der Waals surface area contributed by atoms with Crippen molar-refractivity contribution in [3.8, 4) is 11.8 Å². The average Bonchev–Trinajstić information content (AvgIpc) is 2.92. The molecular weight excluding hydrogens is 262 g/mol. The molecule has 3 nitrogen and oxygen atoms in total. The zero-order valence-electron chi connectivity index (χ0n) is 12.0. The topological polar surface area (TPSA) is 42.1 Å². The van der Waals surface area contributed by atoms with Crippen molar-refractivity contribution in [2.75, 3.05) is 7.11 Å². The smallest absolute Gasteiger partial charge is 0.354 e. The van der Waals surface area contributed by atoms with Crippen LogP contribution in [0.15, 0.2) is 30.3 Å². The molecule has 1 heterocycles. The second kappa shape index (κ2) is 5.88. The van der Waals surface area contributed by atoms with Gasteiger partial charge in [0.2, 0.25) is 0 Å². The van der Waals surface area contributed by atoms with Crippen LogP contribution in [0.4, 0.5) is 0 Å². The van der Waals surface area contributed by atoms with E-state index >= 15 is 0 Å². The van der Waals surface area contributed by atoms with Gasteiger partial charge in [-0.1, -0.05) is 24.1 Å². The average molecular weight is 279 g/mol. The first kappa shape index (κ1) is 13.5. The Morgan fingerprint density at radius 3 is 2.52 bits per heavy atom. The van der Waals surface area contributed by atoms with Gasteiger partial charge in [0.1, 0.15) is 5.69 Å². The molecule has 0 amide bonds. The number of esters is 1. The number of carbonyl (C=O) groups is 1. The van der Waals surface area contributed by atoms with Crippen LogP contribution in [0.5, 0.6) is 0 Å². The Balaban J connectivity index is 2.01. The Bertz CT molecular complexity index is 717. The number of ether oxygens (including phenoxy) is 1. The highest BCUT2D eigenvalue weighted by molar-refractivity contribution is 5.90. The number of H-pyrrole nitrogens is 1. The van der Waals surface area contributed by atoms with Gasteiger partial charge in [0, 0.05) is 5.56 Å². The van der Waals surface area contributed by atoms with Crippen LogP contribution in [0.25, 0.3) is 0 Å². The van der Waals surface area contributed by atoms with Gasteiger partial charge in [-0.25, -0.2) is 4.79 Å². The fraction of sp³-hybridized carbons (Fsp3) is 0.278. The third-order valence-electron chi connectivity index (χ3n) is 3.82. The standard InChI is InChI=1S/C18H17NO2/c1-21-18(20)17-15-10-6-5-9-14(15)16(19-17)12-11-13-7-3-2-4-8-13/h2-4,7-8,19H,5-6,9-10H2,1H3. The zero-order valence-corrected chi connectivity index (χ0v) is 12.0. The van der Waals surface area contributed by atoms with Crippen LogP contribution in [0.2, 0.25) is 0 Å². The van der Waals surface area contributed by atoms with Gasteiger partial charge >= 0.3 is 5.97 Å². The van der Waals surface area contributed by atoms with Crippen LogP contribution in [0.1, 0.15) is 45.7 Å². The Hall–Kier alpha value is -2.47. The maximum Gasteiger partial charge on any atom is 0.354 e. The summed E-state index contributed by atoms with van der Waals surface area (Å²) < 4.78 is 4.86. The molecule has 0 fully saturated rings. The zero-order chi connectivity index (χ0) is 14.7. The quantitative estimate of drug-likeness (QED) is 0.644. The lowest BCUT2D eigenvalue weighted by Gasteiger charge is -2.11. The molecular formula is C18H17NO2. The van der Waals surface area contributed by atoms with Crippen LogP contribution < -0.4 is 0 Å². The maximum atomic E-state index is 11.9. The molecule has 0 atom stereocenters. The molecule has 0 bridgehead atoms. The van der Waals surface area contributed by atoms with E-state index in [0.29, 0.717) is 5.69 Å². The number of hydrogen-bond acceptors (Lipinski definition) is 2. The molecule has 1 aromatic carbocycles. The fourth-order valence-corrected chi connectivity index (χ4v) is 2.77. The van der Waals surface area contributed by atoms with Crippen molar-refractivity contribution in [1.29, 1.82) is 0 Å². The Kier molecular flexibility index (Phi) is 3.79. The molecule has 3 rings (SSSR count). The van der Waals surface area contributed by atoms with Crippen molar-refractivity contribution in [1.82, 2.24) is 4.98 Å². The molecule has 0 saturated heterocycles. The summed E-state index contributed by atoms with van der Waals surface area (Å²) in [5.41, 5.74) is 4.67. The number of fused-ring (bicyclic) bond motifs is 1. The normalized spacial score (nSPS) is 13.0. The first-order chi connectivity index (χ1) is 10.3. The molecule has 1 aliphatic rings. The lowest BCUT2D eigenvalue weighted by Crippen LogP contribution is -2.08. The fourth-order valence-electron chi connectivity index (χ4n) is 2.77. The van der Waals surface area contributed by atoms with E-state index in [-0.39, 0.29) is 5.97 Å². The largest absolute Gasteiger partial charge is 0.464 e. The minimum Gasteiger partial charge on any atom is -0.464 e. The summed E-state index contributed by atoms with van der Waals surface area (Å²) >= 11 is 0. The molecule has 0 spiro atoms. The number of nitrogens with one attached hydrogen (secondary N) is 1. The van der Waals surface area contributed by atoms with E-state index < -0.39 is 0 Å². The number of benzene rings is 1. The van der Waals surface area contributed by atoms with Crippen molar-refractivity contribution >= 4 is 5.97 Å². The number of carbonyl (C=O) groups excluding carboxylic acids is 1. The molecule has 0 aliphatic heterocycles. The molecule has 106 valence electrons. The number of hydrogen-bond donors (Lipinski definition) is 1. The van der Waals surface area contributed by atoms with E-state index in [1.165, 1.54) is 12.7 Å². The molecule has 2 aromatic rings. The van der Waals surface area contributed by atoms with Gasteiger partial charge in [-0.2, -0.15) is 0 Å². The Morgan fingerprint density at radius 2 is 1.81 bits per heavy atom. The molecule has 1 aliphatic carbocycles. The molecule has 0 radical (unpaired) electrons. The van der Waals surface area contributed by atoms with E-state index in [0.717, 1.165) is 42.5 Å². The predicted molar refractivity (Wildman–Crippen MR) is 81.2 cm³/mol. The number of aromatic amines is 1. The minimum absolute atomic E-state index is 0.305.